The summed E-state index contributed by atoms with van der Waals surface area (Å²) in [6.07, 6.45) is 4.00. The number of ketones is 1. The van der Waals surface area contributed by atoms with E-state index in [9.17, 15) is 9.59 Å². The van der Waals surface area contributed by atoms with Crippen LogP contribution in [0.5, 0.6) is 0 Å². The molecule has 0 unspecified atom stereocenters. The van der Waals surface area contributed by atoms with Crippen LogP contribution in [-0.2, 0) is 24.2 Å². The first-order valence-electron chi connectivity index (χ1n) is 13.6. The van der Waals surface area contributed by atoms with Gasteiger partial charge in [0.05, 0.1) is 24.0 Å². The fourth-order valence-corrected chi connectivity index (χ4v) is 4.86. The Balaban J connectivity index is 1.08. The average Bonchev–Trinajstić information content (AvgIpc) is 3.33. The number of rotatable bonds is 12. The van der Waals surface area contributed by atoms with Crippen LogP contribution in [0.1, 0.15) is 41.0 Å². The van der Waals surface area contributed by atoms with E-state index in [0.717, 1.165) is 53.7 Å². The maximum Gasteiger partial charge on any atom is 0.224 e. The van der Waals surface area contributed by atoms with E-state index >= 15 is 0 Å². The van der Waals surface area contributed by atoms with E-state index in [-0.39, 0.29) is 18.2 Å². The van der Waals surface area contributed by atoms with Gasteiger partial charge in [-0.05, 0) is 41.7 Å². The monoisotopic (exact) mass is 515 g/mol. The van der Waals surface area contributed by atoms with Gasteiger partial charge in [-0.15, -0.1) is 0 Å². The zero-order valence-corrected chi connectivity index (χ0v) is 22.1. The molecule has 5 rings (SSSR count). The summed E-state index contributed by atoms with van der Waals surface area (Å²) in [5.74, 6) is 1.06. The summed E-state index contributed by atoms with van der Waals surface area (Å²) >= 11 is 0. The predicted molar refractivity (Wildman–Crippen MR) is 157 cm³/mol. The molecule has 0 atom stereocenters. The SMILES string of the molecule is O=C(Cc1ccc(-c2ccccc2)cc1)NCCCCCc1nc2ccccc2n1CC(=O)c1ccccc1. The molecule has 0 fully saturated rings. The summed E-state index contributed by atoms with van der Waals surface area (Å²) in [4.78, 5) is 30.2. The van der Waals surface area contributed by atoms with Gasteiger partial charge in [0, 0.05) is 18.5 Å². The van der Waals surface area contributed by atoms with Gasteiger partial charge in [-0.2, -0.15) is 0 Å². The number of imidazole rings is 1. The average molecular weight is 516 g/mol. The van der Waals surface area contributed by atoms with Crippen LogP contribution in [0.3, 0.4) is 0 Å². The van der Waals surface area contributed by atoms with E-state index in [1.54, 1.807) is 0 Å². The molecule has 0 aliphatic heterocycles. The summed E-state index contributed by atoms with van der Waals surface area (Å²) in [7, 11) is 0. The van der Waals surface area contributed by atoms with Crippen molar-refractivity contribution in [3.63, 3.8) is 0 Å². The van der Waals surface area contributed by atoms with Crippen LogP contribution >= 0.6 is 0 Å². The van der Waals surface area contributed by atoms with Crippen molar-refractivity contribution in [1.82, 2.24) is 14.9 Å². The molecule has 1 heterocycles. The van der Waals surface area contributed by atoms with Crippen LogP contribution in [0.2, 0.25) is 0 Å². The number of benzene rings is 4. The maximum absolute atomic E-state index is 12.9. The van der Waals surface area contributed by atoms with Crippen molar-refractivity contribution in [3.8, 4) is 11.1 Å². The van der Waals surface area contributed by atoms with Crippen molar-refractivity contribution >= 4 is 22.7 Å². The second-order valence-corrected chi connectivity index (χ2v) is 9.79. The van der Waals surface area contributed by atoms with Crippen molar-refractivity contribution in [2.45, 2.75) is 38.6 Å². The van der Waals surface area contributed by atoms with Crippen molar-refractivity contribution in [2.75, 3.05) is 6.54 Å². The van der Waals surface area contributed by atoms with Gasteiger partial charge in [-0.1, -0.05) is 103 Å². The van der Waals surface area contributed by atoms with E-state index in [1.165, 1.54) is 5.56 Å². The smallest absolute Gasteiger partial charge is 0.224 e. The van der Waals surface area contributed by atoms with Crippen molar-refractivity contribution in [1.29, 1.82) is 0 Å². The zero-order chi connectivity index (χ0) is 26.9. The van der Waals surface area contributed by atoms with Crippen LogP contribution in [0, 0.1) is 0 Å². The van der Waals surface area contributed by atoms with Crippen LogP contribution in [0.15, 0.2) is 109 Å². The molecular weight excluding hydrogens is 482 g/mol. The molecule has 0 bridgehead atoms. The second-order valence-electron chi connectivity index (χ2n) is 9.79. The fourth-order valence-electron chi connectivity index (χ4n) is 4.86. The topological polar surface area (TPSA) is 64.0 Å². The number of unbranched alkanes of at least 4 members (excludes halogenated alkanes) is 2. The number of nitrogens with one attached hydrogen (secondary N) is 1. The first kappa shape index (κ1) is 26.1. The Hall–Kier alpha value is -4.51. The Morgan fingerprint density at radius 2 is 1.36 bits per heavy atom. The van der Waals surface area contributed by atoms with E-state index in [1.807, 2.05) is 84.9 Å². The van der Waals surface area contributed by atoms with Gasteiger partial charge in [-0.25, -0.2) is 4.98 Å². The third kappa shape index (κ3) is 6.88. The largest absolute Gasteiger partial charge is 0.356 e. The van der Waals surface area contributed by atoms with Gasteiger partial charge in [0.1, 0.15) is 5.82 Å². The zero-order valence-electron chi connectivity index (χ0n) is 22.1. The molecule has 196 valence electrons. The van der Waals surface area contributed by atoms with Gasteiger partial charge in [0.25, 0.3) is 0 Å². The number of fused-ring (bicyclic) bond motifs is 1. The fraction of sp³-hybridized carbons (Fsp3) is 0.206. The Morgan fingerprint density at radius 3 is 2.13 bits per heavy atom. The predicted octanol–water partition coefficient (Wildman–Crippen LogP) is 6.66. The summed E-state index contributed by atoms with van der Waals surface area (Å²) in [6.45, 7) is 0.937. The summed E-state index contributed by atoms with van der Waals surface area (Å²) in [6, 6.07) is 35.8. The van der Waals surface area contributed by atoms with Crippen molar-refractivity contribution in [3.05, 3.63) is 126 Å². The lowest BCUT2D eigenvalue weighted by Crippen LogP contribution is -2.26. The molecule has 4 aromatic carbocycles. The third-order valence-electron chi connectivity index (χ3n) is 6.96. The number of hydrogen-bond donors (Lipinski definition) is 1. The van der Waals surface area contributed by atoms with E-state index in [2.05, 4.69) is 34.1 Å². The molecular formula is C34H33N3O2. The highest BCUT2D eigenvalue weighted by molar-refractivity contribution is 5.96. The summed E-state index contributed by atoms with van der Waals surface area (Å²) < 4.78 is 2.05. The van der Waals surface area contributed by atoms with Crippen LogP contribution in [0.4, 0.5) is 0 Å². The van der Waals surface area contributed by atoms with Crippen molar-refractivity contribution in [2.24, 2.45) is 0 Å². The number of Topliss-reactive ketones (excluding diaryl/α,β-unsaturated/α-hetero) is 1. The number of carbonyl (C=O) groups excluding carboxylic acids is 2. The van der Waals surface area contributed by atoms with E-state index < -0.39 is 0 Å². The quantitative estimate of drug-likeness (QED) is 0.149. The molecule has 5 aromatic rings. The Morgan fingerprint density at radius 1 is 0.692 bits per heavy atom. The molecule has 0 spiro atoms. The molecule has 0 saturated heterocycles. The number of amides is 1. The van der Waals surface area contributed by atoms with Gasteiger partial charge >= 0.3 is 0 Å². The molecule has 39 heavy (non-hydrogen) atoms. The molecule has 0 saturated carbocycles. The second kappa shape index (κ2) is 12.8. The van der Waals surface area contributed by atoms with Crippen LogP contribution in [0.25, 0.3) is 22.2 Å². The molecule has 5 nitrogen and oxygen atoms in total. The number of nitrogens with zero attached hydrogens (tertiary/aromatic N) is 2. The Bertz CT molecular complexity index is 1520. The molecule has 5 heteroatoms. The number of para-hydroxylation sites is 2. The van der Waals surface area contributed by atoms with Gasteiger partial charge < -0.3 is 9.88 Å². The third-order valence-corrected chi connectivity index (χ3v) is 6.96. The van der Waals surface area contributed by atoms with E-state index in [4.69, 9.17) is 4.98 Å². The molecule has 1 aromatic heterocycles. The minimum Gasteiger partial charge on any atom is -0.356 e. The normalized spacial score (nSPS) is 11.0. The lowest BCUT2D eigenvalue weighted by atomic mass is 10.0. The highest BCUT2D eigenvalue weighted by Gasteiger charge is 2.14. The van der Waals surface area contributed by atoms with Crippen LogP contribution < -0.4 is 5.32 Å². The van der Waals surface area contributed by atoms with Gasteiger partial charge in [0.2, 0.25) is 5.91 Å². The first-order chi connectivity index (χ1) is 19.2. The lowest BCUT2D eigenvalue weighted by Gasteiger charge is -2.09. The molecule has 1 amide bonds. The summed E-state index contributed by atoms with van der Waals surface area (Å²) in [5.41, 5.74) is 5.95. The minimum atomic E-state index is 0.0451. The standard InChI is InChI=1S/C34H33N3O2/c38-32(29-14-6-2-7-15-29)25-37-31-17-10-9-16-30(31)36-33(37)18-8-3-11-23-35-34(39)24-26-19-21-28(22-20-26)27-12-4-1-5-13-27/h1-2,4-7,9-10,12-17,19-22H,3,8,11,18,23-25H2,(H,35,39). The van der Waals surface area contributed by atoms with Crippen molar-refractivity contribution < 1.29 is 9.59 Å². The lowest BCUT2D eigenvalue weighted by molar-refractivity contribution is -0.120. The Labute approximate surface area is 229 Å². The van der Waals surface area contributed by atoms with Gasteiger partial charge in [0.15, 0.2) is 5.78 Å². The van der Waals surface area contributed by atoms with Crippen LogP contribution in [-0.4, -0.2) is 27.8 Å². The highest BCUT2D eigenvalue weighted by atomic mass is 16.1. The number of carbonyl (C=O) groups is 2. The van der Waals surface area contributed by atoms with Gasteiger partial charge in [-0.3, -0.25) is 9.59 Å². The molecule has 0 aliphatic rings. The molecule has 0 radical (unpaired) electrons. The summed E-state index contributed by atoms with van der Waals surface area (Å²) in [5, 5.41) is 3.05. The minimum absolute atomic E-state index is 0.0451. The maximum atomic E-state index is 12.9. The molecule has 1 N–H and O–H groups in total. The number of aryl methyl sites for hydroxylation is 1. The Kier molecular flexibility index (Phi) is 8.59. The highest BCUT2D eigenvalue weighted by Crippen LogP contribution is 2.20. The number of hydrogen-bond acceptors (Lipinski definition) is 3. The first-order valence-corrected chi connectivity index (χ1v) is 13.6. The van der Waals surface area contributed by atoms with E-state index in [0.29, 0.717) is 18.5 Å². The molecule has 0 aliphatic carbocycles. The number of aromatic nitrogens is 2.